The van der Waals surface area contributed by atoms with Gasteiger partial charge in [0.2, 0.25) is 0 Å². The minimum atomic E-state index is 0.468. The molecule has 4 aliphatic rings. The molecule has 0 unspecified atom stereocenters. The van der Waals surface area contributed by atoms with E-state index in [4.69, 9.17) is 4.98 Å². The lowest BCUT2D eigenvalue weighted by atomic mass is 9.89. The van der Waals surface area contributed by atoms with Gasteiger partial charge < -0.3 is 10.2 Å². The van der Waals surface area contributed by atoms with Gasteiger partial charge in [0.25, 0.3) is 0 Å². The van der Waals surface area contributed by atoms with Crippen molar-refractivity contribution in [2.45, 2.75) is 69.6 Å². The number of hydrogen-bond donors (Lipinski definition) is 1. The Morgan fingerprint density at radius 3 is 2.62 bits per heavy atom. The molecule has 1 saturated carbocycles. The molecule has 1 saturated heterocycles. The minimum Gasteiger partial charge on any atom is -0.308 e. The summed E-state index contributed by atoms with van der Waals surface area (Å²) < 4.78 is 0. The van der Waals surface area contributed by atoms with Gasteiger partial charge in [0.15, 0.2) is 0 Å². The fraction of sp³-hybridized carbons (Fsp3) is 0.621. The van der Waals surface area contributed by atoms with E-state index >= 15 is 0 Å². The van der Waals surface area contributed by atoms with Gasteiger partial charge in [-0.3, -0.25) is 14.8 Å². The number of fused-ring (bicyclic) bond motifs is 2. The molecule has 1 aromatic heterocycles. The topological polar surface area (TPSA) is 34.6 Å². The Kier molecular flexibility index (Phi) is 6.96. The Hall–Kier alpha value is -1.79. The van der Waals surface area contributed by atoms with E-state index in [0.29, 0.717) is 12.1 Å². The highest BCUT2D eigenvalue weighted by Gasteiger charge is 2.32. The third-order valence-electron chi connectivity index (χ3n) is 8.62. The Morgan fingerprint density at radius 2 is 1.76 bits per heavy atom. The molecule has 182 valence electrons. The second kappa shape index (κ2) is 10.4. The first-order valence-electron chi connectivity index (χ1n) is 13.8. The summed E-state index contributed by atoms with van der Waals surface area (Å²) in [4.78, 5) is 13.1. The van der Waals surface area contributed by atoms with E-state index < -0.39 is 0 Å². The lowest BCUT2D eigenvalue weighted by Gasteiger charge is -2.39. The van der Waals surface area contributed by atoms with Crippen LogP contribution in [0.15, 0.2) is 42.6 Å². The molecule has 34 heavy (non-hydrogen) atoms. The number of rotatable bonds is 8. The van der Waals surface area contributed by atoms with E-state index in [0.717, 1.165) is 25.6 Å². The Labute approximate surface area is 205 Å². The number of benzene rings is 1. The van der Waals surface area contributed by atoms with Crippen molar-refractivity contribution in [1.29, 1.82) is 0 Å². The molecule has 0 radical (unpaired) electrons. The molecule has 0 amide bonds. The summed E-state index contributed by atoms with van der Waals surface area (Å²) >= 11 is 0. The van der Waals surface area contributed by atoms with Crippen molar-refractivity contribution in [1.82, 2.24) is 25.0 Å². The van der Waals surface area contributed by atoms with Crippen LogP contribution < -0.4 is 5.32 Å². The van der Waals surface area contributed by atoms with Gasteiger partial charge in [0, 0.05) is 64.1 Å². The molecule has 2 aliphatic carbocycles. The quantitative estimate of drug-likeness (QED) is 0.652. The van der Waals surface area contributed by atoms with Crippen molar-refractivity contribution in [3.05, 3.63) is 65.0 Å². The van der Waals surface area contributed by atoms with Gasteiger partial charge in [-0.05, 0) is 74.2 Å². The maximum absolute atomic E-state index is 4.90. The van der Waals surface area contributed by atoms with Crippen LogP contribution >= 0.6 is 0 Å². The average molecular weight is 460 g/mol. The molecule has 6 rings (SSSR count). The van der Waals surface area contributed by atoms with Crippen LogP contribution in [-0.4, -0.2) is 77.6 Å². The molecule has 2 aromatic rings. The van der Waals surface area contributed by atoms with Crippen LogP contribution in [0.3, 0.4) is 0 Å². The molecule has 1 N–H and O–H groups in total. The summed E-state index contributed by atoms with van der Waals surface area (Å²) in [7, 11) is 0. The molecule has 0 spiro atoms. The maximum atomic E-state index is 4.90. The second-order valence-corrected chi connectivity index (χ2v) is 11.0. The lowest BCUT2D eigenvalue weighted by Crippen LogP contribution is -2.49. The SMILES string of the molecule is c1ccc2c(c1)CN[C@@H](CN(CCCN1CCN(C3CC3)CC1)[C@H]1CCCc3cccnc31)C2. The number of aromatic nitrogens is 1. The molecule has 1 aromatic carbocycles. The fourth-order valence-electron chi connectivity index (χ4n) is 6.54. The molecule has 5 heteroatoms. The Balaban J connectivity index is 1.11. The van der Waals surface area contributed by atoms with Crippen LogP contribution in [0.2, 0.25) is 0 Å². The standard InChI is InChI=1S/C29H41N5/c1-2-7-25-21-31-26(20-24(25)6-1)22-34(28-10-3-8-23-9-4-13-30-29(23)28)15-5-14-32-16-18-33(19-17-32)27-11-12-27/h1-2,4,6-7,9,13,26-28,31H,3,5,8,10-12,14-22H2/t26-,28+/m1/s1. The summed E-state index contributed by atoms with van der Waals surface area (Å²) in [6.45, 7) is 9.58. The van der Waals surface area contributed by atoms with E-state index in [2.05, 4.69) is 56.4 Å². The third-order valence-corrected chi connectivity index (χ3v) is 8.62. The molecule has 2 atom stereocenters. The predicted octanol–water partition coefficient (Wildman–Crippen LogP) is 3.65. The minimum absolute atomic E-state index is 0.468. The summed E-state index contributed by atoms with van der Waals surface area (Å²) in [5, 5.41) is 3.85. The Morgan fingerprint density at radius 1 is 0.941 bits per heavy atom. The number of pyridine rings is 1. The zero-order valence-electron chi connectivity index (χ0n) is 20.7. The number of aryl methyl sites for hydroxylation is 1. The Bertz CT molecular complexity index is 949. The fourth-order valence-corrected chi connectivity index (χ4v) is 6.54. The van der Waals surface area contributed by atoms with Crippen LogP contribution in [0.4, 0.5) is 0 Å². The van der Waals surface area contributed by atoms with Crippen molar-refractivity contribution >= 4 is 0 Å². The van der Waals surface area contributed by atoms with Crippen molar-refractivity contribution in [2.75, 3.05) is 45.8 Å². The first-order chi connectivity index (χ1) is 16.8. The van der Waals surface area contributed by atoms with Crippen LogP contribution in [0.25, 0.3) is 0 Å². The molecule has 2 fully saturated rings. The second-order valence-electron chi connectivity index (χ2n) is 11.0. The summed E-state index contributed by atoms with van der Waals surface area (Å²) in [6.07, 6.45) is 11.0. The summed E-state index contributed by atoms with van der Waals surface area (Å²) in [5.74, 6) is 0. The zero-order chi connectivity index (χ0) is 22.7. The summed E-state index contributed by atoms with van der Waals surface area (Å²) in [6, 6.07) is 15.3. The highest BCUT2D eigenvalue weighted by molar-refractivity contribution is 5.30. The van der Waals surface area contributed by atoms with Crippen molar-refractivity contribution in [2.24, 2.45) is 0 Å². The monoisotopic (exact) mass is 459 g/mol. The van der Waals surface area contributed by atoms with E-state index in [9.17, 15) is 0 Å². The van der Waals surface area contributed by atoms with Crippen LogP contribution in [0, 0.1) is 0 Å². The highest BCUT2D eigenvalue weighted by atomic mass is 15.3. The molecular weight excluding hydrogens is 418 g/mol. The first kappa shape index (κ1) is 22.7. The smallest absolute Gasteiger partial charge is 0.0607 e. The van der Waals surface area contributed by atoms with Crippen LogP contribution in [0.1, 0.15) is 60.5 Å². The van der Waals surface area contributed by atoms with Crippen LogP contribution in [-0.2, 0) is 19.4 Å². The predicted molar refractivity (Wildman–Crippen MR) is 138 cm³/mol. The largest absolute Gasteiger partial charge is 0.308 e. The average Bonchev–Trinajstić information content (AvgIpc) is 3.74. The van der Waals surface area contributed by atoms with E-state index in [1.54, 1.807) is 0 Å². The summed E-state index contributed by atoms with van der Waals surface area (Å²) in [5.41, 5.74) is 5.83. The van der Waals surface area contributed by atoms with Gasteiger partial charge in [-0.2, -0.15) is 0 Å². The van der Waals surface area contributed by atoms with Gasteiger partial charge in [-0.1, -0.05) is 30.3 Å². The van der Waals surface area contributed by atoms with Gasteiger partial charge >= 0.3 is 0 Å². The van der Waals surface area contributed by atoms with Gasteiger partial charge in [-0.25, -0.2) is 0 Å². The molecule has 5 nitrogen and oxygen atoms in total. The zero-order valence-corrected chi connectivity index (χ0v) is 20.7. The van der Waals surface area contributed by atoms with Crippen molar-refractivity contribution < 1.29 is 0 Å². The number of nitrogens with zero attached hydrogens (tertiary/aromatic N) is 4. The van der Waals surface area contributed by atoms with Gasteiger partial charge in [0.05, 0.1) is 11.7 Å². The first-order valence-corrected chi connectivity index (χ1v) is 13.8. The molecule has 0 bridgehead atoms. The number of hydrogen-bond acceptors (Lipinski definition) is 5. The molecular formula is C29H41N5. The van der Waals surface area contributed by atoms with Gasteiger partial charge in [0.1, 0.15) is 0 Å². The van der Waals surface area contributed by atoms with E-state index in [1.165, 1.54) is 100 Å². The van der Waals surface area contributed by atoms with Crippen LogP contribution in [0.5, 0.6) is 0 Å². The molecule has 3 heterocycles. The molecule has 2 aliphatic heterocycles. The van der Waals surface area contributed by atoms with Crippen molar-refractivity contribution in [3.63, 3.8) is 0 Å². The van der Waals surface area contributed by atoms with Gasteiger partial charge in [-0.15, -0.1) is 0 Å². The highest BCUT2D eigenvalue weighted by Crippen LogP contribution is 2.33. The van der Waals surface area contributed by atoms with E-state index in [-0.39, 0.29) is 0 Å². The van der Waals surface area contributed by atoms with E-state index in [1.807, 2.05) is 6.20 Å². The number of piperazine rings is 1. The lowest BCUT2D eigenvalue weighted by molar-refractivity contribution is 0.110. The maximum Gasteiger partial charge on any atom is 0.0607 e. The number of nitrogens with one attached hydrogen (secondary N) is 1. The normalized spacial score (nSPS) is 25.8. The van der Waals surface area contributed by atoms with Crippen molar-refractivity contribution in [3.8, 4) is 0 Å². The third kappa shape index (κ3) is 5.23.